The minimum atomic E-state index is -1.27. The lowest BCUT2D eigenvalue weighted by Crippen LogP contribution is -2.63. The van der Waals surface area contributed by atoms with Gasteiger partial charge in [0.2, 0.25) is 0 Å². The molecule has 162 valence electrons. The van der Waals surface area contributed by atoms with E-state index in [4.69, 9.17) is 33.7 Å². The van der Waals surface area contributed by atoms with Crippen LogP contribution in [0.5, 0.6) is 0 Å². The maximum absolute atomic E-state index is 11.6. The van der Waals surface area contributed by atoms with Crippen LogP contribution in [0.4, 0.5) is 0 Å². The summed E-state index contributed by atoms with van der Waals surface area (Å²) >= 11 is 0. The van der Waals surface area contributed by atoms with Crippen molar-refractivity contribution in [1.82, 2.24) is 0 Å². The van der Waals surface area contributed by atoms with E-state index in [9.17, 15) is 19.2 Å². The molecule has 0 aliphatic carbocycles. The fourth-order valence-corrected chi connectivity index (χ4v) is 2.67. The molecule has 0 unspecified atom stereocenters. The number of ether oxygens (including phenoxy) is 6. The summed E-state index contributed by atoms with van der Waals surface area (Å²) in [6, 6.07) is 1.96. The summed E-state index contributed by atoms with van der Waals surface area (Å²) in [5.74, 6) is -2.74. The second kappa shape index (κ2) is 12.0. The molecule has 11 heteroatoms. The number of hydrogen-bond acceptors (Lipinski definition) is 11. The molecular formula is C18H25NO10. The van der Waals surface area contributed by atoms with Crippen molar-refractivity contribution in [2.24, 2.45) is 0 Å². The van der Waals surface area contributed by atoms with E-state index >= 15 is 0 Å². The van der Waals surface area contributed by atoms with Gasteiger partial charge < -0.3 is 28.4 Å². The Hall–Kier alpha value is -2.71. The molecule has 1 rings (SSSR count). The monoisotopic (exact) mass is 415 g/mol. The molecule has 0 amide bonds. The first-order valence-corrected chi connectivity index (χ1v) is 8.94. The molecule has 1 saturated heterocycles. The molecule has 0 aromatic carbocycles. The SMILES string of the molecule is CC(=O)OC[C@H]1O[C@@H](OCCCC#N)[C@H](OC(C)=O)[C@@H](OC(C)=O)[C@H]1OC(C)=O. The summed E-state index contributed by atoms with van der Waals surface area (Å²) in [6.07, 6.45) is -5.41. The Labute approximate surface area is 168 Å². The zero-order valence-electron chi connectivity index (χ0n) is 16.7. The molecule has 0 N–H and O–H groups in total. The van der Waals surface area contributed by atoms with Crippen molar-refractivity contribution in [3.63, 3.8) is 0 Å². The van der Waals surface area contributed by atoms with Crippen LogP contribution in [0, 0.1) is 11.3 Å². The highest BCUT2D eigenvalue weighted by Crippen LogP contribution is 2.30. The number of nitriles is 1. The summed E-state index contributed by atoms with van der Waals surface area (Å²) in [5, 5.41) is 8.64. The van der Waals surface area contributed by atoms with E-state index in [0.717, 1.165) is 20.8 Å². The van der Waals surface area contributed by atoms with Crippen LogP contribution in [0.25, 0.3) is 0 Å². The summed E-state index contributed by atoms with van der Waals surface area (Å²) < 4.78 is 32.0. The standard InChI is InChI=1S/C18H25NO10/c1-10(20)25-9-14-15(26-11(2)21)16(27-12(3)22)17(28-13(4)23)18(29-14)24-8-6-5-7-19/h14-18H,5-6,8-9H2,1-4H3/t14-,15+,16+,17-,18-/m1/s1. The van der Waals surface area contributed by atoms with Crippen LogP contribution >= 0.6 is 0 Å². The fourth-order valence-electron chi connectivity index (χ4n) is 2.67. The van der Waals surface area contributed by atoms with Gasteiger partial charge in [0.15, 0.2) is 24.6 Å². The van der Waals surface area contributed by atoms with E-state index in [1.165, 1.54) is 6.92 Å². The van der Waals surface area contributed by atoms with E-state index < -0.39 is 54.6 Å². The predicted molar refractivity (Wildman–Crippen MR) is 92.8 cm³/mol. The number of carbonyl (C=O) groups excluding carboxylic acids is 4. The van der Waals surface area contributed by atoms with Gasteiger partial charge in [-0.1, -0.05) is 0 Å². The van der Waals surface area contributed by atoms with Crippen molar-refractivity contribution in [1.29, 1.82) is 5.26 Å². The molecule has 1 aliphatic rings. The van der Waals surface area contributed by atoms with Crippen molar-refractivity contribution in [3.8, 4) is 6.07 Å². The number of unbranched alkanes of at least 4 members (excludes halogenated alkanes) is 1. The minimum Gasteiger partial charge on any atom is -0.463 e. The zero-order valence-corrected chi connectivity index (χ0v) is 16.7. The molecule has 0 spiro atoms. The summed E-state index contributed by atoms with van der Waals surface area (Å²) in [4.78, 5) is 46.0. The molecule has 0 bridgehead atoms. The minimum absolute atomic E-state index is 0.0846. The first-order valence-electron chi connectivity index (χ1n) is 8.94. The Morgan fingerprint density at radius 2 is 1.41 bits per heavy atom. The summed E-state index contributed by atoms with van der Waals surface area (Å²) in [5.41, 5.74) is 0. The summed E-state index contributed by atoms with van der Waals surface area (Å²) in [6.45, 7) is 4.36. The van der Waals surface area contributed by atoms with Crippen LogP contribution in [-0.2, 0) is 47.6 Å². The van der Waals surface area contributed by atoms with Crippen LogP contribution < -0.4 is 0 Å². The quantitative estimate of drug-likeness (QED) is 0.292. The van der Waals surface area contributed by atoms with Gasteiger partial charge in [-0.25, -0.2) is 0 Å². The van der Waals surface area contributed by atoms with Gasteiger partial charge in [0.05, 0.1) is 12.7 Å². The van der Waals surface area contributed by atoms with Gasteiger partial charge in [0, 0.05) is 34.1 Å². The van der Waals surface area contributed by atoms with Crippen molar-refractivity contribution in [2.75, 3.05) is 13.2 Å². The second-order valence-corrected chi connectivity index (χ2v) is 6.20. The molecular weight excluding hydrogens is 390 g/mol. The average molecular weight is 415 g/mol. The smallest absolute Gasteiger partial charge is 0.303 e. The lowest BCUT2D eigenvalue weighted by molar-refractivity contribution is -0.308. The van der Waals surface area contributed by atoms with E-state index in [1.54, 1.807) is 0 Å². The predicted octanol–water partition coefficient (Wildman–Crippen LogP) is 0.390. The zero-order chi connectivity index (χ0) is 22.0. The van der Waals surface area contributed by atoms with Crippen LogP contribution in [0.3, 0.4) is 0 Å². The maximum Gasteiger partial charge on any atom is 0.303 e. The van der Waals surface area contributed by atoms with Crippen molar-refractivity contribution in [3.05, 3.63) is 0 Å². The molecule has 1 aliphatic heterocycles. The fraction of sp³-hybridized carbons (Fsp3) is 0.722. The lowest BCUT2D eigenvalue weighted by Gasteiger charge is -2.44. The van der Waals surface area contributed by atoms with Crippen LogP contribution in [0.2, 0.25) is 0 Å². The molecule has 0 aromatic heterocycles. The molecule has 1 heterocycles. The Morgan fingerprint density at radius 1 is 0.862 bits per heavy atom. The molecule has 29 heavy (non-hydrogen) atoms. The van der Waals surface area contributed by atoms with Gasteiger partial charge in [0.1, 0.15) is 12.7 Å². The highest BCUT2D eigenvalue weighted by molar-refractivity contribution is 5.68. The van der Waals surface area contributed by atoms with Crippen LogP contribution in [0.1, 0.15) is 40.5 Å². The topological polar surface area (TPSA) is 147 Å². The third-order valence-electron chi connectivity index (χ3n) is 3.66. The second-order valence-electron chi connectivity index (χ2n) is 6.20. The van der Waals surface area contributed by atoms with Gasteiger partial charge in [-0.2, -0.15) is 5.26 Å². The van der Waals surface area contributed by atoms with Crippen molar-refractivity contribution < 1.29 is 47.6 Å². The van der Waals surface area contributed by atoms with Crippen LogP contribution in [-0.4, -0.2) is 67.8 Å². The third-order valence-corrected chi connectivity index (χ3v) is 3.66. The third kappa shape index (κ3) is 8.45. The highest BCUT2D eigenvalue weighted by atomic mass is 16.7. The first kappa shape index (κ1) is 24.3. The molecule has 0 radical (unpaired) electrons. The van der Waals surface area contributed by atoms with Crippen molar-refractivity contribution in [2.45, 2.75) is 71.2 Å². The van der Waals surface area contributed by atoms with Crippen LogP contribution in [0.15, 0.2) is 0 Å². The number of carbonyl (C=O) groups is 4. The molecule has 0 saturated carbocycles. The average Bonchev–Trinajstić information content (AvgIpc) is 2.60. The summed E-state index contributed by atoms with van der Waals surface area (Å²) in [7, 11) is 0. The number of hydrogen-bond donors (Lipinski definition) is 0. The van der Waals surface area contributed by atoms with E-state index in [2.05, 4.69) is 0 Å². The van der Waals surface area contributed by atoms with E-state index in [-0.39, 0.29) is 19.6 Å². The van der Waals surface area contributed by atoms with Gasteiger partial charge in [0.25, 0.3) is 0 Å². The molecule has 11 nitrogen and oxygen atoms in total. The largest absolute Gasteiger partial charge is 0.463 e. The molecule has 0 aromatic rings. The van der Waals surface area contributed by atoms with Gasteiger partial charge in [-0.3, -0.25) is 19.2 Å². The van der Waals surface area contributed by atoms with E-state index in [1.807, 2.05) is 6.07 Å². The van der Waals surface area contributed by atoms with Gasteiger partial charge in [-0.05, 0) is 6.42 Å². The normalized spacial score (nSPS) is 26.0. The Balaban J connectivity index is 3.19. The Kier molecular flexibility index (Phi) is 10.1. The number of nitrogens with zero attached hydrogens (tertiary/aromatic N) is 1. The lowest BCUT2D eigenvalue weighted by atomic mass is 9.98. The number of rotatable bonds is 9. The first-order chi connectivity index (χ1) is 13.6. The molecule has 5 atom stereocenters. The van der Waals surface area contributed by atoms with Gasteiger partial charge >= 0.3 is 23.9 Å². The van der Waals surface area contributed by atoms with Crippen molar-refractivity contribution >= 4 is 23.9 Å². The molecule has 1 fully saturated rings. The maximum atomic E-state index is 11.6. The Morgan fingerprint density at radius 3 is 1.93 bits per heavy atom. The number of esters is 4. The van der Waals surface area contributed by atoms with Gasteiger partial charge in [-0.15, -0.1) is 0 Å². The highest BCUT2D eigenvalue weighted by Gasteiger charge is 2.52. The Bertz CT molecular complexity index is 643. The van der Waals surface area contributed by atoms with E-state index in [0.29, 0.717) is 6.42 Å².